The van der Waals surface area contributed by atoms with Crippen LogP contribution in [-0.2, 0) is 16.6 Å². The summed E-state index contributed by atoms with van der Waals surface area (Å²) in [5, 5.41) is 9.09. The summed E-state index contributed by atoms with van der Waals surface area (Å²) in [6.07, 6.45) is 7.98. The van der Waals surface area contributed by atoms with Gasteiger partial charge in [-0.05, 0) is 19.3 Å². The number of primary sulfonamides is 1. The molecule has 0 radical (unpaired) electrons. The Morgan fingerprint density at radius 1 is 1.32 bits per heavy atom. The highest BCUT2D eigenvalue weighted by molar-refractivity contribution is 7.89. The van der Waals surface area contributed by atoms with Crippen molar-refractivity contribution in [2.75, 3.05) is 12.4 Å². The average molecular weight is 289 g/mol. The molecule has 1 heterocycles. The Balaban J connectivity index is 2.04. The first-order chi connectivity index (χ1) is 9.01. The summed E-state index contributed by atoms with van der Waals surface area (Å²) < 4.78 is 28.8. The van der Waals surface area contributed by atoms with Gasteiger partial charge in [-0.15, -0.1) is 0 Å². The van der Waals surface area contributed by atoms with Gasteiger partial charge in [-0.2, -0.15) is 5.10 Å². The summed E-state index contributed by atoms with van der Waals surface area (Å²) >= 11 is 0. The van der Waals surface area contributed by atoms with Gasteiger partial charge in [-0.1, -0.05) is 19.8 Å². The van der Waals surface area contributed by atoms with Gasteiger partial charge in [0, 0.05) is 6.54 Å². The van der Waals surface area contributed by atoms with E-state index in [-0.39, 0.29) is 5.75 Å². The molecule has 19 heavy (non-hydrogen) atoms. The number of unbranched alkanes of at least 4 members (excludes halogenated alkanes) is 3. The van der Waals surface area contributed by atoms with Gasteiger partial charge in [0.25, 0.3) is 0 Å². The lowest BCUT2D eigenvalue weighted by atomic mass is 10.2. The van der Waals surface area contributed by atoms with E-state index in [4.69, 9.17) is 9.88 Å². The van der Waals surface area contributed by atoms with Crippen molar-refractivity contribution in [3.05, 3.63) is 12.4 Å². The molecule has 0 bridgehead atoms. The maximum Gasteiger partial charge on any atom is 0.209 e. The van der Waals surface area contributed by atoms with Crippen LogP contribution in [-0.4, -0.2) is 30.6 Å². The Hall–Kier alpha value is -1.08. The van der Waals surface area contributed by atoms with E-state index in [0.29, 0.717) is 13.0 Å². The van der Waals surface area contributed by atoms with Gasteiger partial charge in [0.2, 0.25) is 10.0 Å². The number of sulfonamides is 1. The molecule has 0 saturated heterocycles. The first-order valence-corrected chi connectivity index (χ1v) is 8.38. The maximum atomic E-state index is 10.7. The third-order valence-electron chi connectivity index (χ3n) is 2.65. The van der Waals surface area contributed by atoms with Gasteiger partial charge >= 0.3 is 0 Å². The highest BCUT2D eigenvalue weighted by Crippen LogP contribution is 2.10. The van der Waals surface area contributed by atoms with Crippen molar-refractivity contribution in [1.82, 2.24) is 9.78 Å². The fourth-order valence-corrected chi connectivity index (χ4v) is 2.33. The Labute approximate surface area is 115 Å². The minimum atomic E-state index is -3.30. The van der Waals surface area contributed by atoms with Crippen LogP contribution in [0.15, 0.2) is 12.4 Å². The molecule has 1 aromatic heterocycles. The molecular formula is C12H23N3O3S. The van der Waals surface area contributed by atoms with E-state index in [0.717, 1.165) is 38.0 Å². The molecule has 0 unspecified atom stereocenters. The Kier molecular flexibility index (Phi) is 6.86. The minimum Gasteiger partial charge on any atom is -0.490 e. The van der Waals surface area contributed by atoms with Gasteiger partial charge in [-0.25, -0.2) is 13.6 Å². The van der Waals surface area contributed by atoms with Gasteiger partial charge in [0.05, 0.1) is 24.8 Å². The Bertz CT molecular complexity index is 457. The lowest BCUT2D eigenvalue weighted by Gasteiger charge is -2.03. The van der Waals surface area contributed by atoms with Gasteiger partial charge in [0.1, 0.15) is 0 Å². The number of hydrogen-bond donors (Lipinski definition) is 1. The monoisotopic (exact) mass is 289 g/mol. The van der Waals surface area contributed by atoms with E-state index in [1.807, 2.05) is 10.9 Å². The zero-order valence-corrected chi connectivity index (χ0v) is 12.2. The number of aryl methyl sites for hydroxylation is 1. The summed E-state index contributed by atoms with van der Waals surface area (Å²) in [6.45, 7) is 3.63. The number of aromatic nitrogens is 2. The van der Waals surface area contributed by atoms with Crippen LogP contribution in [0, 0.1) is 0 Å². The van der Waals surface area contributed by atoms with Gasteiger partial charge in [0.15, 0.2) is 5.75 Å². The van der Waals surface area contributed by atoms with Crippen LogP contribution in [0.5, 0.6) is 5.75 Å². The molecule has 0 aliphatic heterocycles. The lowest BCUT2D eigenvalue weighted by molar-refractivity contribution is 0.304. The van der Waals surface area contributed by atoms with E-state index >= 15 is 0 Å². The van der Waals surface area contributed by atoms with Crippen LogP contribution >= 0.6 is 0 Å². The van der Waals surface area contributed by atoms with Crippen LogP contribution in [0.1, 0.15) is 39.0 Å². The highest BCUT2D eigenvalue weighted by atomic mass is 32.2. The minimum absolute atomic E-state index is 0.0671. The second-order valence-corrected chi connectivity index (χ2v) is 6.30. The normalized spacial score (nSPS) is 11.7. The zero-order chi connectivity index (χ0) is 14.1. The van der Waals surface area contributed by atoms with Crippen molar-refractivity contribution in [2.45, 2.75) is 45.6 Å². The molecule has 0 aliphatic carbocycles. The molecule has 0 saturated carbocycles. The predicted octanol–water partition coefficient (Wildman–Crippen LogP) is 1.52. The van der Waals surface area contributed by atoms with Crippen LogP contribution in [0.4, 0.5) is 0 Å². The number of nitrogens with zero attached hydrogens (tertiary/aromatic N) is 2. The molecule has 0 fully saturated rings. The van der Waals surface area contributed by atoms with Gasteiger partial charge in [-0.3, -0.25) is 4.68 Å². The molecule has 6 nitrogen and oxygen atoms in total. The predicted molar refractivity (Wildman–Crippen MR) is 74.5 cm³/mol. The first-order valence-electron chi connectivity index (χ1n) is 6.67. The summed E-state index contributed by atoms with van der Waals surface area (Å²) in [5.74, 6) is 0.857. The largest absolute Gasteiger partial charge is 0.490 e. The van der Waals surface area contributed by atoms with Crippen LogP contribution in [0.25, 0.3) is 0 Å². The van der Waals surface area contributed by atoms with E-state index in [1.54, 1.807) is 6.20 Å². The molecular weight excluding hydrogens is 266 g/mol. The van der Waals surface area contributed by atoms with Crippen molar-refractivity contribution in [2.24, 2.45) is 5.14 Å². The SMILES string of the molecule is CCCn1cc(OCCCCCCS(N)(=O)=O)cn1. The van der Waals surface area contributed by atoms with Crippen molar-refractivity contribution >= 4 is 10.0 Å². The third-order valence-corrected chi connectivity index (χ3v) is 3.51. The van der Waals surface area contributed by atoms with E-state index in [9.17, 15) is 8.42 Å². The van der Waals surface area contributed by atoms with Crippen molar-refractivity contribution in [1.29, 1.82) is 0 Å². The summed E-state index contributed by atoms with van der Waals surface area (Å²) in [5.41, 5.74) is 0. The fourth-order valence-electron chi connectivity index (χ4n) is 1.72. The standard InChI is InChI=1S/C12H23N3O3S/c1-2-7-15-11-12(10-14-15)18-8-5-3-4-6-9-19(13,16)17/h10-11H,2-9H2,1H3,(H2,13,16,17). The second-order valence-electron chi connectivity index (χ2n) is 4.57. The average Bonchev–Trinajstić information content (AvgIpc) is 2.75. The van der Waals surface area contributed by atoms with Gasteiger partial charge < -0.3 is 4.74 Å². The van der Waals surface area contributed by atoms with E-state index < -0.39 is 10.0 Å². The molecule has 1 rings (SSSR count). The number of nitrogens with two attached hydrogens (primary N) is 1. The molecule has 1 aromatic rings. The molecule has 2 N–H and O–H groups in total. The summed E-state index contributed by atoms with van der Waals surface area (Å²) in [7, 11) is -3.30. The topological polar surface area (TPSA) is 87.2 Å². The molecule has 7 heteroatoms. The Morgan fingerprint density at radius 2 is 2.05 bits per heavy atom. The molecule has 0 aromatic carbocycles. The molecule has 0 spiro atoms. The molecule has 0 atom stereocenters. The van der Waals surface area contributed by atoms with Crippen molar-refractivity contribution in [3.8, 4) is 5.75 Å². The van der Waals surface area contributed by atoms with E-state index in [1.165, 1.54) is 0 Å². The highest BCUT2D eigenvalue weighted by Gasteiger charge is 2.02. The smallest absolute Gasteiger partial charge is 0.209 e. The molecule has 110 valence electrons. The first kappa shape index (κ1) is 16.0. The number of rotatable bonds is 10. The number of ether oxygens (including phenoxy) is 1. The Morgan fingerprint density at radius 3 is 2.74 bits per heavy atom. The maximum absolute atomic E-state index is 10.7. The fraction of sp³-hybridized carbons (Fsp3) is 0.750. The van der Waals surface area contributed by atoms with E-state index in [2.05, 4.69) is 12.0 Å². The summed E-state index contributed by atoms with van der Waals surface area (Å²) in [6, 6.07) is 0. The molecule has 0 aliphatic rings. The lowest BCUT2D eigenvalue weighted by Crippen LogP contribution is -2.16. The molecule has 0 amide bonds. The van der Waals surface area contributed by atoms with Crippen LogP contribution in [0.3, 0.4) is 0 Å². The zero-order valence-electron chi connectivity index (χ0n) is 11.4. The van der Waals surface area contributed by atoms with Crippen molar-refractivity contribution in [3.63, 3.8) is 0 Å². The van der Waals surface area contributed by atoms with Crippen LogP contribution < -0.4 is 9.88 Å². The van der Waals surface area contributed by atoms with Crippen molar-refractivity contribution < 1.29 is 13.2 Å². The second kappa shape index (κ2) is 8.16. The third kappa shape index (κ3) is 7.84. The number of hydrogen-bond acceptors (Lipinski definition) is 4. The van der Waals surface area contributed by atoms with Crippen LogP contribution in [0.2, 0.25) is 0 Å². The quantitative estimate of drug-likeness (QED) is 0.662. The summed E-state index contributed by atoms with van der Waals surface area (Å²) in [4.78, 5) is 0.